The zero-order valence-electron chi connectivity index (χ0n) is 16.7. The zero-order chi connectivity index (χ0) is 21.9. The van der Waals surface area contributed by atoms with Gasteiger partial charge in [0.1, 0.15) is 0 Å². The Balaban J connectivity index is 1.72. The maximum absolute atomic E-state index is 12.8. The lowest BCUT2D eigenvalue weighted by atomic mass is 10.1. The molecule has 0 saturated carbocycles. The van der Waals surface area contributed by atoms with Crippen LogP contribution >= 0.6 is 0 Å². The number of rotatable bonds is 4. The van der Waals surface area contributed by atoms with Gasteiger partial charge in [0.15, 0.2) is 0 Å². The maximum Gasteiger partial charge on any atom is 0.416 e. The summed E-state index contributed by atoms with van der Waals surface area (Å²) < 4.78 is 38.4. The average molecular weight is 420 g/mol. The molecule has 2 N–H and O–H groups in total. The van der Waals surface area contributed by atoms with E-state index in [1.54, 1.807) is 12.1 Å². The number of carbonyl (C=O) groups excluding carboxylic acids is 2. The number of anilines is 3. The van der Waals surface area contributed by atoms with Gasteiger partial charge < -0.3 is 15.1 Å². The summed E-state index contributed by atoms with van der Waals surface area (Å²) in [6, 6.07) is 8.52. The van der Waals surface area contributed by atoms with Crippen molar-refractivity contribution >= 4 is 29.0 Å². The number of amides is 3. The van der Waals surface area contributed by atoms with Gasteiger partial charge in [-0.1, -0.05) is 6.07 Å². The number of hydrogen-bond acceptors (Lipinski definition) is 4. The zero-order valence-corrected chi connectivity index (χ0v) is 16.7. The normalized spacial score (nSPS) is 13.6. The van der Waals surface area contributed by atoms with Crippen LogP contribution in [-0.2, 0) is 6.18 Å². The number of carbonyl (C=O) groups is 2. The number of urea groups is 1. The lowest BCUT2D eigenvalue weighted by Gasteiger charge is -2.38. The topological polar surface area (TPSA) is 64.7 Å². The monoisotopic (exact) mass is 420 g/mol. The summed E-state index contributed by atoms with van der Waals surface area (Å²) in [4.78, 5) is 29.0. The number of alkyl halides is 3. The summed E-state index contributed by atoms with van der Waals surface area (Å²) in [5.41, 5.74) is 1.29. The van der Waals surface area contributed by atoms with Gasteiger partial charge in [0.05, 0.1) is 16.9 Å². The van der Waals surface area contributed by atoms with Crippen molar-refractivity contribution in [3.63, 3.8) is 0 Å². The van der Waals surface area contributed by atoms with E-state index >= 15 is 0 Å². The lowest BCUT2D eigenvalue weighted by molar-refractivity contribution is -0.137. The minimum absolute atomic E-state index is 0.0590. The number of nitrogens with zero attached hydrogens (tertiary/aromatic N) is 2. The molecule has 2 aromatic rings. The third kappa shape index (κ3) is 4.67. The van der Waals surface area contributed by atoms with Crippen molar-refractivity contribution in [2.45, 2.75) is 20.0 Å². The van der Waals surface area contributed by atoms with Crippen molar-refractivity contribution in [1.82, 2.24) is 5.32 Å². The van der Waals surface area contributed by atoms with Gasteiger partial charge in [0.25, 0.3) is 5.91 Å². The molecule has 1 aliphatic heterocycles. The van der Waals surface area contributed by atoms with Crippen LogP contribution < -0.4 is 20.4 Å². The minimum Gasteiger partial charge on any atom is -0.368 e. The highest BCUT2D eigenvalue weighted by atomic mass is 19.4. The van der Waals surface area contributed by atoms with Crippen LogP contribution in [-0.4, -0.2) is 38.1 Å². The predicted molar refractivity (Wildman–Crippen MR) is 110 cm³/mol. The first-order chi connectivity index (χ1) is 14.2. The average Bonchev–Trinajstić information content (AvgIpc) is 2.71. The van der Waals surface area contributed by atoms with Crippen LogP contribution in [0.4, 0.5) is 35.0 Å². The number of benzene rings is 2. The molecule has 0 bridgehead atoms. The summed E-state index contributed by atoms with van der Waals surface area (Å²) in [6.07, 6.45) is -4.52. The van der Waals surface area contributed by atoms with Crippen LogP contribution in [0, 0.1) is 0 Å². The van der Waals surface area contributed by atoms with Crippen LogP contribution in [0.1, 0.15) is 29.8 Å². The fourth-order valence-corrected chi connectivity index (χ4v) is 3.44. The Labute approximate surface area is 172 Å². The SMILES string of the molecule is CCN1CCN(CC)c2cc(C(=O)NC(=O)Nc3cccc(C(F)(F)F)c3)ccc21. The van der Waals surface area contributed by atoms with Gasteiger partial charge in [-0.15, -0.1) is 0 Å². The fourth-order valence-electron chi connectivity index (χ4n) is 3.44. The summed E-state index contributed by atoms with van der Waals surface area (Å²) in [6.45, 7) is 7.44. The van der Waals surface area contributed by atoms with Gasteiger partial charge in [-0.05, 0) is 50.2 Å². The Bertz CT molecular complexity index is 946. The van der Waals surface area contributed by atoms with E-state index in [1.165, 1.54) is 12.1 Å². The molecule has 1 aliphatic rings. The van der Waals surface area contributed by atoms with Gasteiger partial charge in [0, 0.05) is 37.4 Å². The fraction of sp³-hybridized carbons (Fsp3) is 0.333. The molecule has 160 valence electrons. The van der Waals surface area contributed by atoms with Crippen molar-refractivity contribution in [2.75, 3.05) is 41.3 Å². The maximum atomic E-state index is 12.8. The van der Waals surface area contributed by atoms with Gasteiger partial charge in [-0.25, -0.2) is 4.79 Å². The number of likely N-dealkylation sites (N-methyl/N-ethyl adjacent to an activating group) is 2. The number of imide groups is 1. The van der Waals surface area contributed by atoms with E-state index in [9.17, 15) is 22.8 Å². The van der Waals surface area contributed by atoms with Crippen molar-refractivity contribution in [1.29, 1.82) is 0 Å². The molecule has 0 unspecified atom stereocenters. The highest BCUT2D eigenvalue weighted by Crippen LogP contribution is 2.34. The van der Waals surface area contributed by atoms with E-state index in [0.29, 0.717) is 5.56 Å². The molecule has 3 rings (SSSR count). The Morgan fingerprint density at radius 3 is 2.27 bits per heavy atom. The molecule has 1 heterocycles. The third-order valence-corrected chi connectivity index (χ3v) is 5.00. The van der Waals surface area contributed by atoms with E-state index in [1.807, 2.05) is 13.0 Å². The van der Waals surface area contributed by atoms with Crippen LogP contribution in [0.15, 0.2) is 42.5 Å². The molecule has 2 aromatic carbocycles. The molecule has 0 fully saturated rings. The molecule has 9 heteroatoms. The van der Waals surface area contributed by atoms with Crippen molar-refractivity contribution < 1.29 is 22.8 Å². The number of hydrogen-bond donors (Lipinski definition) is 2. The minimum atomic E-state index is -4.52. The van der Waals surface area contributed by atoms with Gasteiger partial charge >= 0.3 is 12.2 Å². The van der Waals surface area contributed by atoms with Crippen molar-refractivity contribution in [3.05, 3.63) is 53.6 Å². The van der Waals surface area contributed by atoms with E-state index < -0.39 is 23.7 Å². The molecule has 0 atom stereocenters. The van der Waals surface area contributed by atoms with Crippen molar-refractivity contribution in [3.8, 4) is 0 Å². The first-order valence-corrected chi connectivity index (χ1v) is 9.66. The first-order valence-electron chi connectivity index (χ1n) is 9.66. The molecule has 6 nitrogen and oxygen atoms in total. The van der Waals surface area contributed by atoms with E-state index in [4.69, 9.17) is 0 Å². The third-order valence-electron chi connectivity index (χ3n) is 5.00. The molecular weight excluding hydrogens is 397 g/mol. The molecule has 0 spiro atoms. The molecule has 30 heavy (non-hydrogen) atoms. The Morgan fingerprint density at radius 1 is 0.967 bits per heavy atom. The molecule has 0 aromatic heterocycles. The lowest BCUT2D eigenvalue weighted by Crippen LogP contribution is -2.41. The Morgan fingerprint density at radius 2 is 1.63 bits per heavy atom. The van der Waals surface area contributed by atoms with Gasteiger partial charge in [-0.2, -0.15) is 13.2 Å². The summed E-state index contributed by atoms with van der Waals surface area (Å²) >= 11 is 0. The van der Waals surface area contributed by atoms with Crippen molar-refractivity contribution in [2.24, 2.45) is 0 Å². The number of fused-ring (bicyclic) bond motifs is 1. The summed E-state index contributed by atoms with van der Waals surface area (Å²) in [7, 11) is 0. The molecule has 0 aliphatic carbocycles. The number of nitrogens with one attached hydrogen (secondary N) is 2. The second kappa shape index (κ2) is 8.64. The van der Waals surface area contributed by atoms with E-state index in [-0.39, 0.29) is 5.69 Å². The van der Waals surface area contributed by atoms with Crippen LogP contribution in [0.3, 0.4) is 0 Å². The van der Waals surface area contributed by atoms with Crippen LogP contribution in [0.25, 0.3) is 0 Å². The molecule has 0 radical (unpaired) electrons. The van der Waals surface area contributed by atoms with Crippen LogP contribution in [0.5, 0.6) is 0 Å². The Hall–Kier alpha value is -3.23. The second-order valence-electron chi connectivity index (χ2n) is 6.85. The second-order valence-corrected chi connectivity index (χ2v) is 6.85. The van der Waals surface area contributed by atoms with Gasteiger partial charge in [-0.3, -0.25) is 10.1 Å². The van der Waals surface area contributed by atoms with E-state index in [0.717, 1.165) is 49.7 Å². The quantitative estimate of drug-likeness (QED) is 0.773. The first kappa shape index (κ1) is 21.5. The van der Waals surface area contributed by atoms with Gasteiger partial charge in [0.2, 0.25) is 0 Å². The van der Waals surface area contributed by atoms with Crippen LogP contribution in [0.2, 0.25) is 0 Å². The predicted octanol–water partition coefficient (Wildman–Crippen LogP) is 4.33. The number of halogens is 3. The Kier molecular flexibility index (Phi) is 6.19. The molecular formula is C21H23F3N4O2. The van der Waals surface area contributed by atoms with E-state index in [2.05, 4.69) is 27.4 Å². The molecule has 3 amide bonds. The highest BCUT2D eigenvalue weighted by Gasteiger charge is 2.30. The largest absolute Gasteiger partial charge is 0.416 e. The molecule has 0 saturated heterocycles. The summed E-state index contributed by atoms with van der Waals surface area (Å²) in [5, 5.41) is 4.43. The summed E-state index contributed by atoms with van der Waals surface area (Å²) in [5.74, 6) is -0.632. The standard InChI is InChI=1S/C21H23F3N4O2/c1-3-27-10-11-28(4-2)18-12-14(8-9-17(18)27)19(29)26-20(30)25-16-7-5-6-15(13-16)21(22,23)24/h5-9,12-13H,3-4,10-11H2,1-2H3,(H2,25,26,29,30). The highest BCUT2D eigenvalue weighted by molar-refractivity contribution is 6.08. The smallest absolute Gasteiger partial charge is 0.368 e.